The Morgan fingerprint density at radius 2 is 1.68 bits per heavy atom. The first-order chi connectivity index (χ1) is 10.7. The largest absolute Gasteiger partial charge is 0.466 e. The van der Waals surface area contributed by atoms with Gasteiger partial charge in [0.25, 0.3) is 0 Å². The highest BCUT2D eigenvalue weighted by molar-refractivity contribution is 5.91. The molecule has 0 heterocycles. The van der Waals surface area contributed by atoms with Gasteiger partial charge >= 0.3 is 5.97 Å². The lowest BCUT2D eigenvalue weighted by atomic mass is 10.1. The number of carbonyl (C=O) groups is 1. The van der Waals surface area contributed by atoms with Crippen molar-refractivity contribution < 1.29 is 9.53 Å². The van der Waals surface area contributed by atoms with Crippen LogP contribution in [0.2, 0.25) is 0 Å². The van der Waals surface area contributed by atoms with E-state index in [2.05, 4.69) is 28.8 Å². The van der Waals surface area contributed by atoms with Crippen LogP contribution >= 0.6 is 0 Å². The van der Waals surface area contributed by atoms with E-state index in [1.807, 2.05) is 48.7 Å². The Morgan fingerprint density at radius 3 is 2.36 bits per heavy atom. The highest BCUT2D eigenvalue weighted by atomic mass is 16.5. The van der Waals surface area contributed by atoms with Gasteiger partial charge in [-0.3, -0.25) is 4.99 Å². The lowest BCUT2D eigenvalue weighted by molar-refractivity contribution is -0.134. The number of esters is 1. The molecule has 3 nitrogen and oxygen atoms in total. The fourth-order valence-electron chi connectivity index (χ4n) is 2.02. The van der Waals surface area contributed by atoms with E-state index in [0.717, 1.165) is 11.1 Å². The second-order valence-corrected chi connectivity index (χ2v) is 4.85. The first-order valence-corrected chi connectivity index (χ1v) is 7.14. The fraction of sp³-hybridized carbons (Fsp3) is 0.158. The molecule has 0 saturated heterocycles. The van der Waals surface area contributed by atoms with Gasteiger partial charge in [0.15, 0.2) is 0 Å². The molecule has 2 rings (SSSR count). The maximum absolute atomic E-state index is 11.2. The van der Waals surface area contributed by atoms with Crippen LogP contribution in [-0.4, -0.2) is 19.3 Å². The van der Waals surface area contributed by atoms with Crippen LogP contribution in [0.5, 0.6) is 0 Å². The minimum atomic E-state index is -0.371. The highest BCUT2D eigenvalue weighted by Crippen LogP contribution is 2.16. The van der Waals surface area contributed by atoms with E-state index in [1.165, 1.54) is 18.7 Å². The fourth-order valence-corrected chi connectivity index (χ4v) is 2.02. The Labute approximate surface area is 131 Å². The van der Waals surface area contributed by atoms with Crippen LogP contribution in [0.4, 0.5) is 0 Å². The van der Waals surface area contributed by atoms with Gasteiger partial charge < -0.3 is 4.74 Å². The lowest BCUT2D eigenvalue weighted by Crippen LogP contribution is -1.95. The summed E-state index contributed by atoms with van der Waals surface area (Å²) in [5, 5.41) is 0. The zero-order valence-corrected chi connectivity index (χ0v) is 12.8. The van der Waals surface area contributed by atoms with Gasteiger partial charge in [0.1, 0.15) is 0 Å². The molecule has 112 valence electrons. The normalized spacial score (nSPS) is 12.6. The van der Waals surface area contributed by atoms with Crippen LogP contribution in [0.1, 0.15) is 29.7 Å². The standard InChI is InChI=1S/C19H19NO2/c1-15(16-8-4-3-5-9-16)20-14-18-11-7-6-10-17(18)12-13-19(21)22-2/h3-15H,1-2H3/b13-12+,20-14?/t15-/m1/s1. The number of nitrogens with zero attached hydrogens (tertiary/aromatic N) is 1. The van der Waals surface area contributed by atoms with Crippen molar-refractivity contribution in [3.05, 3.63) is 77.4 Å². The molecular formula is C19H19NO2. The minimum Gasteiger partial charge on any atom is -0.466 e. The molecule has 0 fully saturated rings. The Balaban J connectivity index is 2.17. The molecule has 0 spiro atoms. The van der Waals surface area contributed by atoms with Crippen LogP contribution in [0.15, 0.2) is 65.7 Å². The Hall–Kier alpha value is -2.68. The number of hydrogen-bond acceptors (Lipinski definition) is 3. The first kappa shape index (κ1) is 15.7. The third-order valence-electron chi connectivity index (χ3n) is 3.32. The second kappa shape index (κ2) is 7.93. The summed E-state index contributed by atoms with van der Waals surface area (Å²) in [6.07, 6.45) is 4.99. The monoisotopic (exact) mass is 293 g/mol. The van der Waals surface area contributed by atoms with Gasteiger partial charge in [-0.2, -0.15) is 0 Å². The average Bonchev–Trinajstić information content (AvgIpc) is 2.59. The average molecular weight is 293 g/mol. The number of benzene rings is 2. The molecule has 0 saturated carbocycles. The molecule has 0 aromatic heterocycles. The number of rotatable bonds is 5. The van der Waals surface area contributed by atoms with Gasteiger partial charge in [-0.15, -0.1) is 0 Å². The zero-order valence-electron chi connectivity index (χ0n) is 12.8. The van der Waals surface area contributed by atoms with Gasteiger partial charge in [-0.05, 0) is 29.7 Å². The number of hydrogen-bond donors (Lipinski definition) is 0. The van der Waals surface area contributed by atoms with Crippen molar-refractivity contribution in [2.75, 3.05) is 7.11 Å². The molecule has 2 aromatic rings. The maximum Gasteiger partial charge on any atom is 0.330 e. The van der Waals surface area contributed by atoms with E-state index in [4.69, 9.17) is 0 Å². The van der Waals surface area contributed by atoms with E-state index >= 15 is 0 Å². The van der Waals surface area contributed by atoms with Crippen molar-refractivity contribution in [2.24, 2.45) is 4.99 Å². The topological polar surface area (TPSA) is 38.7 Å². The highest BCUT2D eigenvalue weighted by Gasteiger charge is 2.02. The summed E-state index contributed by atoms with van der Waals surface area (Å²) in [7, 11) is 1.36. The van der Waals surface area contributed by atoms with Gasteiger partial charge in [0.2, 0.25) is 0 Å². The molecular weight excluding hydrogens is 274 g/mol. The van der Waals surface area contributed by atoms with Crippen molar-refractivity contribution in [1.29, 1.82) is 0 Å². The minimum absolute atomic E-state index is 0.0823. The van der Waals surface area contributed by atoms with Gasteiger partial charge in [-0.25, -0.2) is 4.79 Å². The molecule has 0 radical (unpaired) electrons. The number of aliphatic imine (C=N–C) groups is 1. The summed E-state index contributed by atoms with van der Waals surface area (Å²) in [5.74, 6) is -0.371. The van der Waals surface area contributed by atoms with Gasteiger partial charge in [0, 0.05) is 12.3 Å². The van der Waals surface area contributed by atoms with Crippen molar-refractivity contribution in [3.8, 4) is 0 Å². The van der Waals surface area contributed by atoms with E-state index in [1.54, 1.807) is 6.08 Å². The molecule has 0 aliphatic carbocycles. The summed E-state index contributed by atoms with van der Waals surface area (Å²) in [4.78, 5) is 15.8. The molecule has 0 N–H and O–H groups in total. The third kappa shape index (κ3) is 4.42. The predicted octanol–water partition coefficient (Wildman–Crippen LogP) is 4.05. The zero-order chi connectivity index (χ0) is 15.8. The van der Waals surface area contributed by atoms with Crippen LogP contribution in [-0.2, 0) is 9.53 Å². The Morgan fingerprint density at radius 1 is 1.05 bits per heavy atom. The maximum atomic E-state index is 11.2. The van der Waals surface area contributed by atoms with Crippen molar-refractivity contribution in [1.82, 2.24) is 0 Å². The second-order valence-electron chi connectivity index (χ2n) is 4.85. The molecule has 22 heavy (non-hydrogen) atoms. The summed E-state index contributed by atoms with van der Waals surface area (Å²) < 4.78 is 4.61. The number of ether oxygens (including phenoxy) is 1. The quantitative estimate of drug-likeness (QED) is 0.474. The van der Waals surface area contributed by atoms with Crippen LogP contribution in [0.25, 0.3) is 6.08 Å². The van der Waals surface area contributed by atoms with Crippen molar-refractivity contribution >= 4 is 18.3 Å². The summed E-state index contributed by atoms with van der Waals surface area (Å²) in [6, 6.07) is 18.0. The van der Waals surface area contributed by atoms with E-state index in [9.17, 15) is 4.79 Å². The van der Waals surface area contributed by atoms with Gasteiger partial charge in [-0.1, -0.05) is 54.6 Å². The van der Waals surface area contributed by atoms with Crippen molar-refractivity contribution in [2.45, 2.75) is 13.0 Å². The summed E-state index contributed by atoms with van der Waals surface area (Å²) in [6.45, 7) is 2.05. The molecule has 0 unspecified atom stereocenters. The molecule has 1 atom stereocenters. The van der Waals surface area contributed by atoms with Crippen LogP contribution in [0, 0.1) is 0 Å². The Bertz CT molecular complexity index is 675. The number of methoxy groups -OCH3 is 1. The first-order valence-electron chi connectivity index (χ1n) is 7.14. The van der Waals surface area contributed by atoms with Crippen molar-refractivity contribution in [3.63, 3.8) is 0 Å². The van der Waals surface area contributed by atoms with E-state index < -0.39 is 0 Å². The molecule has 0 bridgehead atoms. The number of carbonyl (C=O) groups excluding carboxylic acids is 1. The molecule has 0 aliphatic rings. The molecule has 3 heteroatoms. The van der Waals surface area contributed by atoms with Crippen LogP contribution < -0.4 is 0 Å². The summed E-state index contributed by atoms with van der Waals surface area (Å²) >= 11 is 0. The van der Waals surface area contributed by atoms with Crippen LogP contribution in [0.3, 0.4) is 0 Å². The lowest BCUT2D eigenvalue weighted by Gasteiger charge is -2.06. The predicted molar refractivity (Wildman–Crippen MR) is 89.9 cm³/mol. The van der Waals surface area contributed by atoms with E-state index in [-0.39, 0.29) is 12.0 Å². The van der Waals surface area contributed by atoms with E-state index in [0.29, 0.717) is 0 Å². The Kier molecular flexibility index (Phi) is 5.66. The third-order valence-corrected chi connectivity index (χ3v) is 3.32. The smallest absolute Gasteiger partial charge is 0.330 e. The summed E-state index contributed by atoms with van der Waals surface area (Å²) in [5.41, 5.74) is 3.06. The molecule has 0 aliphatic heterocycles. The SMILES string of the molecule is COC(=O)/C=C/c1ccccc1C=N[C@H](C)c1ccccc1. The molecule has 2 aromatic carbocycles. The molecule has 0 amide bonds. The van der Waals surface area contributed by atoms with Gasteiger partial charge in [0.05, 0.1) is 13.2 Å².